The van der Waals surface area contributed by atoms with E-state index in [2.05, 4.69) is 33.0 Å². The van der Waals surface area contributed by atoms with Gasteiger partial charge in [0.1, 0.15) is 13.2 Å². The van der Waals surface area contributed by atoms with Gasteiger partial charge >= 0.3 is 0 Å². The minimum absolute atomic E-state index is 0.295. The zero-order valence-corrected chi connectivity index (χ0v) is 15.7. The smallest absolute Gasteiger partial charge is 0.181 e. The Balaban J connectivity index is 1.55. The van der Waals surface area contributed by atoms with Gasteiger partial charge in [-0.3, -0.25) is 0 Å². The van der Waals surface area contributed by atoms with Crippen LogP contribution in [0.2, 0.25) is 0 Å². The molecule has 1 fully saturated rings. The van der Waals surface area contributed by atoms with Gasteiger partial charge in [-0.15, -0.1) is 5.10 Å². The van der Waals surface area contributed by atoms with Gasteiger partial charge in [0.05, 0.1) is 11.2 Å². The lowest BCUT2D eigenvalue weighted by Crippen LogP contribution is -2.40. The number of benzene rings is 2. The fourth-order valence-corrected chi connectivity index (χ4v) is 4.18. The molecule has 1 aromatic heterocycles. The second kappa shape index (κ2) is 7.14. The summed E-state index contributed by atoms with van der Waals surface area (Å²) in [4.78, 5) is 0. The van der Waals surface area contributed by atoms with Crippen molar-refractivity contribution in [1.29, 1.82) is 0 Å². The fourth-order valence-electron chi connectivity index (χ4n) is 4.18. The summed E-state index contributed by atoms with van der Waals surface area (Å²) in [7, 11) is 0. The van der Waals surface area contributed by atoms with E-state index in [0.29, 0.717) is 13.2 Å². The lowest BCUT2D eigenvalue weighted by molar-refractivity contribution is 0.171. The molecule has 28 heavy (non-hydrogen) atoms. The molecule has 2 heterocycles. The molecule has 7 heteroatoms. The van der Waals surface area contributed by atoms with Crippen LogP contribution >= 0.6 is 0 Å². The molecule has 0 unspecified atom stereocenters. The molecule has 0 radical (unpaired) electrons. The molecule has 2 aliphatic rings. The predicted octanol–water partition coefficient (Wildman–Crippen LogP) is 3.71. The maximum Gasteiger partial charge on any atom is 0.181 e. The van der Waals surface area contributed by atoms with Crippen LogP contribution in [0.25, 0.3) is 5.69 Å². The van der Waals surface area contributed by atoms with Gasteiger partial charge < -0.3 is 14.8 Å². The Bertz CT molecular complexity index is 950. The van der Waals surface area contributed by atoms with Crippen molar-refractivity contribution in [3.05, 3.63) is 54.4 Å². The van der Waals surface area contributed by atoms with Crippen LogP contribution in [0, 0.1) is 0 Å². The van der Waals surface area contributed by atoms with E-state index in [1.54, 1.807) is 0 Å². The first-order valence-electron chi connectivity index (χ1n) is 9.86. The van der Waals surface area contributed by atoms with Gasteiger partial charge in [0, 0.05) is 11.8 Å². The van der Waals surface area contributed by atoms with Gasteiger partial charge in [-0.25, -0.2) is 0 Å². The Kier molecular flexibility index (Phi) is 4.35. The third-order valence-corrected chi connectivity index (χ3v) is 5.53. The number of rotatable bonds is 4. The summed E-state index contributed by atoms with van der Waals surface area (Å²) in [5, 5.41) is 16.6. The van der Waals surface area contributed by atoms with Crippen LogP contribution in [0.1, 0.15) is 37.9 Å². The van der Waals surface area contributed by atoms with Crippen LogP contribution in [0.15, 0.2) is 48.5 Å². The highest BCUT2D eigenvalue weighted by molar-refractivity contribution is 5.51. The summed E-state index contributed by atoms with van der Waals surface area (Å²) in [6.07, 6.45) is 5.52. The number of para-hydroxylation sites is 1. The van der Waals surface area contributed by atoms with Crippen molar-refractivity contribution >= 4 is 5.69 Å². The maximum absolute atomic E-state index is 5.75. The van der Waals surface area contributed by atoms with Crippen LogP contribution < -0.4 is 14.8 Å². The summed E-state index contributed by atoms with van der Waals surface area (Å²) in [6, 6.07) is 16.2. The first-order valence-corrected chi connectivity index (χ1v) is 9.86. The minimum Gasteiger partial charge on any atom is -0.486 e. The molecular weight excluding hydrogens is 354 g/mol. The Hall–Kier alpha value is -3.09. The molecule has 0 atom stereocenters. The third kappa shape index (κ3) is 3.06. The zero-order valence-electron chi connectivity index (χ0n) is 15.7. The molecule has 3 aromatic rings. The first-order chi connectivity index (χ1) is 13.8. The molecule has 0 amide bonds. The zero-order chi connectivity index (χ0) is 18.8. The van der Waals surface area contributed by atoms with Gasteiger partial charge in [0.2, 0.25) is 0 Å². The highest BCUT2D eigenvalue weighted by atomic mass is 16.6. The Morgan fingerprint density at radius 3 is 2.50 bits per heavy atom. The Labute approximate surface area is 163 Å². The number of hydrogen-bond acceptors (Lipinski definition) is 6. The highest BCUT2D eigenvalue weighted by Crippen LogP contribution is 2.40. The van der Waals surface area contributed by atoms with Crippen LogP contribution in [0.3, 0.4) is 0 Å². The van der Waals surface area contributed by atoms with Crippen molar-refractivity contribution in [2.24, 2.45) is 0 Å². The number of fused-ring (bicyclic) bond motifs is 1. The van der Waals surface area contributed by atoms with Crippen LogP contribution in [0.4, 0.5) is 5.69 Å². The fraction of sp³-hybridized carbons (Fsp3) is 0.381. The molecule has 2 aromatic carbocycles. The lowest BCUT2D eigenvalue weighted by atomic mass is 9.80. The van der Waals surface area contributed by atoms with Crippen LogP contribution in [0.5, 0.6) is 11.5 Å². The van der Waals surface area contributed by atoms with Gasteiger partial charge in [-0.05, 0) is 47.5 Å². The first kappa shape index (κ1) is 17.0. The minimum atomic E-state index is -0.295. The maximum atomic E-state index is 5.75. The molecule has 0 spiro atoms. The molecule has 7 nitrogen and oxygen atoms in total. The van der Waals surface area contributed by atoms with E-state index in [1.165, 1.54) is 6.42 Å². The quantitative estimate of drug-likeness (QED) is 0.747. The van der Waals surface area contributed by atoms with Crippen molar-refractivity contribution in [2.75, 3.05) is 18.5 Å². The Morgan fingerprint density at radius 2 is 1.68 bits per heavy atom. The van der Waals surface area contributed by atoms with Crippen molar-refractivity contribution in [1.82, 2.24) is 20.2 Å². The van der Waals surface area contributed by atoms with Crippen molar-refractivity contribution < 1.29 is 9.47 Å². The van der Waals surface area contributed by atoms with E-state index in [1.807, 2.05) is 41.1 Å². The topological polar surface area (TPSA) is 74.1 Å². The summed E-state index contributed by atoms with van der Waals surface area (Å²) in [6.45, 7) is 1.13. The number of aromatic nitrogens is 4. The number of tetrazole rings is 1. The summed E-state index contributed by atoms with van der Waals surface area (Å²) in [5.74, 6) is 2.34. The van der Waals surface area contributed by atoms with Crippen molar-refractivity contribution in [3.63, 3.8) is 0 Å². The van der Waals surface area contributed by atoms with E-state index in [9.17, 15) is 0 Å². The van der Waals surface area contributed by atoms with Gasteiger partial charge in [-0.2, -0.15) is 4.68 Å². The SMILES string of the molecule is c1ccc(NC2(c3nnnn3-c3ccc4c(c3)OCCO4)CCCCC2)cc1. The number of nitrogens with zero attached hydrogens (tertiary/aromatic N) is 4. The van der Waals surface area contributed by atoms with E-state index in [-0.39, 0.29) is 5.54 Å². The number of ether oxygens (including phenoxy) is 2. The second-order valence-electron chi connectivity index (χ2n) is 7.38. The average Bonchev–Trinajstić information content (AvgIpc) is 3.26. The Morgan fingerprint density at radius 1 is 0.893 bits per heavy atom. The molecule has 1 saturated carbocycles. The molecule has 1 aliphatic heterocycles. The highest BCUT2D eigenvalue weighted by Gasteiger charge is 2.39. The van der Waals surface area contributed by atoms with Crippen LogP contribution in [-0.2, 0) is 5.54 Å². The molecular formula is C21H23N5O2. The van der Waals surface area contributed by atoms with Gasteiger partial charge in [-0.1, -0.05) is 37.5 Å². The van der Waals surface area contributed by atoms with Crippen molar-refractivity contribution in [3.8, 4) is 17.2 Å². The van der Waals surface area contributed by atoms with Gasteiger partial charge in [0.25, 0.3) is 0 Å². The summed E-state index contributed by atoms with van der Waals surface area (Å²) in [5.41, 5.74) is 1.67. The van der Waals surface area contributed by atoms with Crippen molar-refractivity contribution in [2.45, 2.75) is 37.6 Å². The number of hydrogen-bond donors (Lipinski definition) is 1. The van der Waals surface area contributed by atoms with E-state index in [0.717, 1.165) is 54.4 Å². The van der Waals surface area contributed by atoms with E-state index < -0.39 is 0 Å². The third-order valence-electron chi connectivity index (χ3n) is 5.53. The molecule has 5 rings (SSSR count). The summed E-state index contributed by atoms with van der Waals surface area (Å²) < 4.78 is 13.2. The normalized spacial score (nSPS) is 17.9. The molecule has 1 N–H and O–H groups in total. The number of anilines is 1. The standard InChI is InChI=1S/C21H23N5O2/c1-3-7-16(8-4-1)22-21(11-5-2-6-12-21)20-23-24-25-26(20)17-9-10-18-19(15-17)28-14-13-27-18/h1,3-4,7-10,15,22H,2,5-6,11-14H2. The second-order valence-corrected chi connectivity index (χ2v) is 7.38. The van der Waals surface area contributed by atoms with E-state index in [4.69, 9.17) is 9.47 Å². The lowest BCUT2D eigenvalue weighted by Gasteiger charge is -2.37. The summed E-state index contributed by atoms with van der Waals surface area (Å²) >= 11 is 0. The number of nitrogens with one attached hydrogen (secondary N) is 1. The van der Waals surface area contributed by atoms with Crippen LogP contribution in [-0.4, -0.2) is 33.4 Å². The van der Waals surface area contributed by atoms with Gasteiger partial charge in [0.15, 0.2) is 17.3 Å². The molecule has 144 valence electrons. The van der Waals surface area contributed by atoms with E-state index >= 15 is 0 Å². The molecule has 0 saturated heterocycles. The average molecular weight is 377 g/mol. The molecule has 0 bridgehead atoms. The molecule has 1 aliphatic carbocycles. The monoisotopic (exact) mass is 377 g/mol. The largest absolute Gasteiger partial charge is 0.486 e. The predicted molar refractivity (Wildman–Crippen MR) is 105 cm³/mol.